The Balaban J connectivity index is 1.59. The normalized spacial score (nSPS) is 17.4. The van der Waals surface area contributed by atoms with Gasteiger partial charge in [-0.05, 0) is 19.9 Å². The molecule has 3 amide bonds. The molecular formula is C42H51N6O5Po. The van der Waals surface area contributed by atoms with Crippen molar-refractivity contribution in [1.82, 2.24) is 29.7 Å². The predicted octanol–water partition coefficient (Wildman–Crippen LogP) is 7.16. The molecule has 6 rings (SSSR count). The van der Waals surface area contributed by atoms with Gasteiger partial charge in [0.15, 0.2) is 0 Å². The van der Waals surface area contributed by atoms with Crippen molar-refractivity contribution in [2.45, 2.75) is 76.2 Å². The number of aromatic nitrogens is 4. The first-order chi connectivity index (χ1) is 25.9. The number of carbonyl (C=O) groups excluding carboxylic acids is 3. The van der Waals surface area contributed by atoms with Gasteiger partial charge in [0.25, 0.3) is 0 Å². The number of nitrogens with zero attached hydrogens (tertiary/aromatic N) is 4. The van der Waals surface area contributed by atoms with E-state index in [2.05, 4.69) is 43.4 Å². The first-order valence-corrected chi connectivity index (χ1v) is 21.1. The first-order valence-electron chi connectivity index (χ1n) is 18.8. The maximum absolute atomic E-state index is 14.7. The maximum atomic E-state index is 14.7. The van der Waals surface area contributed by atoms with Gasteiger partial charge < -0.3 is 9.47 Å². The number of fused-ring (bicyclic) bond motifs is 8. The van der Waals surface area contributed by atoms with E-state index >= 15 is 0 Å². The second-order valence-electron chi connectivity index (χ2n) is 14.4. The fourth-order valence-electron chi connectivity index (χ4n) is 7.90. The molecule has 6 heterocycles. The number of nitrogens with one attached hydrogen (secondary N) is 2. The number of ether oxygens (including phenoxy) is 2. The van der Waals surface area contributed by atoms with Gasteiger partial charge >= 0.3 is 234 Å². The molecule has 8 bridgehead atoms. The molecule has 2 aromatic heterocycles. The van der Waals surface area contributed by atoms with Gasteiger partial charge in [0.05, 0.1) is 25.5 Å². The number of H-pyrrole nitrogens is 2. The fourth-order valence-corrected chi connectivity index (χ4v) is 8.40. The van der Waals surface area contributed by atoms with E-state index in [1.165, 1.54) is 30.0 Å². The van der Waals surface area contributed by atoms with Crippen LogP contribution in [0.4, 0.5) is 0 Å². The average Bonchev–Trinajstić information content (AvgIpc) is 3.83. The molecule has 4 aliphatic rings. The monoisotopic (exact) mass is 928 g/mol. The third kappa shape index (κ3) is 7.37. The van der Waals surface area contributed by atoms with Crippen LogP contribution in [0.1, 0.15) is 126 Å². The van der Waals surface area contributed by atoms with Crippen molar-refractivity contribution < 1.29 is 23.9 Å². The zero-order valence-corrected chi connectivity index (χ0v) is 35.7. The predicted molar refractivity (Wildman–Crippen MR) is 214 cm³/mol. The number of likely N-dealkylation sites (N-methyl/N-ethyl adjacent to an activating group) is 1. The number of aromatic amines is 2. The average molecular weight is 929 g/mol. The number of rotatable bonds is 14. The van der Waals surface area contributed by atoms with Crippen LogP contribution in [0.15, 0.2) is 30.9 Å². The fraction of sp³-hybridized carbons (Fsp3) is 0.452. The Hall–Kier alpha value is -3.97. The van der Waals surface area contributed by atoms with E-state index < -0.39 is 0 Å². The molecule has 285 valence electrons. The summed E-state index contributed by atoms with van der Waals surface area (Å²) in [6.45, 7) is 16.6. The van der Waals surface area contributed by atoms with Crippen molar-refractivity contribution in [2.75, 3.05) is 47.1 Å². The number of aryl methyl sites for hydroxylation is 1. The summed E-state index contributed by atoms with van der Waals surface area (Å²) in [5.74, 6) is -0.921. The summed E-state index contributed by atoms with van der Waals surface area (Å²) in [5, 5.41) is 0. The van der Waals surface area contributed by atoms with Crippen LogP contribution in [0.5, 0.6) is 0 Å². The Kier molecular flexibility index (Phi) is 12.4. The molecule has 0 fully saturated rings. The summed E-state index contributed by atoms with van der Waals surface area (Å²) in [6, 6.07) is 6.10. The number of amides is 3. The topological polar surface area (TPSA) is 134 Å². The van der Waals surface area contributed by atoms with Gasteiger partial charge in [-0.2, -0.15) is 0 Å². The molecule has 0 aliphatic carbocycles. The van der Waals surface area contributed by atoms with Gasteiger partial charge in [0.1, 0.15) is 0 Å². The summed E-state index contributed by atoms with van der Waals surface area (Å²) in [7, 11) is 3.42. The Bertz CT molecular complexity index is 2140. The van der Waals surface area contributed by atoms with Crippen molar-refractivity contribution in [2.24, 2.45) is 0 Å². The molecule has 0 spiro atoms. The number of imide groups is 1. The van der Waals surface area contributed by atoms with Crippen LogP contribution >= 0.6 is 0 Å². The van der Waals surface area contributed by atoms with Gasteiger partial charge in [-0.25, -0.2) is 0 Å². The summed E-state index contributed by atoms with van der Waals surface area (Å²) < 4.78 is 11.6. The van der Waals surface area contributed by atoms with Crippen LogP contribution in [-0.4, -0.2) is 120 Å². The number of carbonyl (C=O) groups is 3. The Labute approximate surface area is 333 Å². The zero-order valence-electron chi connectivity index (χ0n) is 32.5. The second kappa shape index (κ2) is 16.8. The summed E-state index contributed by atoms with van der Waals surface area (Å²) in [4.78, 5) is 63.0. The third-order valence-electron chi connectivity index (χ3n) is 11.2. The van der Waals surface area contributed by atoms with Gasteiger partial charge in [0, 0.05) is 26.3 Å². The van der Waals surface area contributed by atoms with E-state index in [9.17, 15) is 14.4 Å². The van der Waals surface area contributed by atoms with Crippen molar-refractivity contribution in [3.63, 3.8) is 0 Å². The minimum absolute atomic E-state index is 0.00372. The van der Waals surface area contributed by atoms with Gasteiger partial charge in [0.2, 0.25) is 0 Å². The zero-order chi connectivity index (χ0) is 38.8. The first kappa shape index (κ1) is 39.7. The molecule has 0 aromatic carbocycles. The number of allylic oxidation sites excluding steroid dienone is 5. The van der Waals surface area contributed by atoms with Gasteiger partial charge in [-0.15, -0.1) is 0 Å². The van der Waals surface area contributed by atoms with E-state index in [1.54, 1.807) is 19.1 Å². The molecule has 0 saturated heterocycles. The number of hydrogen-bond donors (Lipinski definition) is 2. The van der Waals surface area contributed by atoms with Gasteiger partial charge in [-0.1, -0.05) is 19.6 Å². The van der Waals surface area contributed by atoms with Crippen molar-refractivity contribution >= 4 is 76.1 Å². The molecule has 2 atom stereocenters. The second-order valence-corrected chi connectivity index (χ2v) is 15.9. The number of methoxy groups -OCH3 is 1. The van der Waals surface area contributed by atoms with Crippen LogP contribution < -0.4 is 0 Å². The molecule has 12 heteroatoms. The van der Waals surface area contributed by atoms with Crippen molar-refractivity contribution in [1.29, 1.82) is 0 Å². The SMILES string of the molecule is C=CC1=C(C)c2cc3[nH]c(c4c5[nH]c(cc6nc(cc1n2)C(C)=C6CC)c(C)c5C(=O)N(CC[CH2][Po])C4=O)C(CCC(=O)N(C)CCOCCOC)[C@@H]3C. The standard InChI is InChI=1S/C42H51N6O5.Po/c1-10-15-48-41(50)37-26(7)33-22-35-28(12-3)24(5)31(44-35)21-34-27(11-2)23(4)30(43-34)20-32-25(6)29(39(45-32)38(42(48)51)40(37)46-33)13-14-36(49)47(8)16-17-53-19-18-52-9;/h11,20-22,25,29,45-46H,1-2,10,12-19H2,3-9H3;/t25-,29?;/m0./s1. The molecule has 1 radical (unpaired) electrons. The van der Waals surface area contributed by atoms with Crippen LogP contribution in [0, 0.1) is 6.92 Å². The number of hydrogen-bond acceptors (Lipinski definition) is 7. The molecule has 2 N–H and O–H groups in total. The molecule has 2 aromatic rings. The van der Waals surface area contributed by atoms with E-state index in [-0.39, 0.29) is 36.0 Å². The van der Waals surface area contributed by atoms with Crippen LogP contribution in [-0.2, 0) is 14.3 Å². The third-order valence-corrected chi connectivity index (χ3v) is 12.3. The van der Waals surface area contributed by atoms with E-state index in [4.69, 9.17) is 19.4 Å². The van der Waals surface area contributed by atoms with Gasteiger partial charge in [-0.3, -0.25) is 0 Å². The van der Waals surface area contributed by atoms with E-state index in [0.29, 0.717) is 56.0 Å². The Morgan fingerprint density at radius 1 is 1.00 bits per heavy atom. The molecular weight excluding hydrogens is 877 g/mol. The summed E-state index contributed by atoms with van der Waals surface area (Å²) in [5.41, 5.74) is 12.0. The van der Waals surface area contributed by atoms with Crippen molar-refractivity contribution in [3.05, 3.63) is 81.7 Å². The van der Waals surface area contributed by atoms with Crippen LogP contribution in [0.3, 0.4) is 0 Å². The molecule has 4 aliphatic heterocycles. The molecule has 54 heavy (non-hydrogen) atoms. The summed E-state index contributed by atoms with van der Waals surface area (Å²) >= 11 is 1.41. The van der Waals surface area contributed by atoms with Crippen LogP contribution in [0.2, 0.25) is 4.08 Å². The van der Waals surface area contributed by atoms with E-state index in [1.807, 2.05) is 32.1 Å². The molecule has 1 unspecified atom stereocenters. The molecule has 0 saturated carbocycles. The Morgan fingerprint density at radius 2 is 1.72 bits per heavy atom. The minimum atomic E-state index is -0.324. The summed E-state index contributed by atoms with van der Waals surface area (Å²) in [6.07, 6.45) is 4.12. The van der Waals surface area contributed by atoms with E-state index in [0.717, 1.165) is 84.5 Å². The van der Waals surface area contributed by atoms with Crippen molar-refractivity contribution in [3.8, 4) is 0 Å². The molecule has 11 nitrogen and oxygen atoms in total. The Morgan fingerprint density at radius 3 is 2.43 bits per heavy atom. The quantitative estimate of drug-likeness (QED) is 0.152. The van der Waals surface area contributed by atoms with Crippen LogP contribution in [0.25, 0.3) is 33.3 Å².